The molecule has 3 N–H and O–H groups in total. The van der Waals surface area contributed by atoms with E-state index in [2.05, 4.69) is 20.7 Å². The van der Waals surface area contributed by atoms with Crippen molar-refractivity contribution in [2.75, 3.05) is 6.61 Å². The molecule has 0 aromatic heterocycles. The molecule has 0 unspecified atom stereocenters. The molecule has 1 aromatic carbocycles. The quantitative estimate of drug-likeness (QED) is 0.466. The number of esters is 1. The third-order valence-electron chi connectivity index (χ3n) is 2.43. The predicted octanol–water partition coefficient (Wildman–Crippen LogP) is 3.05. The summed E-state index contributed by atoms with van der Waals surface area (Å²) < 4.78 is 57.9. The Hall–Kier alpha value is -1.06. The van der Waals surface area contributed by atoms with E-state index >= 15 is 0 Å². The van der Waals surface area contributed by atoms with Crippen molar-refractivity contribution in [3.05, 3.63) is 27.7 Å². The molecule has 4 nitrogen and oxygen atoms in total. The second-order valence-electron chi connectivity index (χ2n) is 3.74. The number of phenolic OH excluding ortho intramolecular Hbond substituents is 1. The summed E-state index contributed by atoms with van der Waals surface area (Å²) in [5.41, 5.74) is 3.89. The van der Waals surface area contributed by atoms with Crippen molar-refractivity contribution in [2.45, 2.75) is 18.9 Å². The van der Waals surface area contributed by atoms with E-state index in [4.69, 9.17) is 5.73 Å². The molecule has 0 radical (unpaired) electrons. The van der Waals surface area contributed by atoms with Crippen LogP contribution in [-0.2, 0) is 9.53 Å². The first-order valence-electron chi connectivity index (χ1n) is 5.31. The monoisotopic (exact) mass is 395 g/mol. The van der Waals surface area contributed by atoms with Gasteiger partial charge in [0, 0.05) is 0 Å². The van der Waals surface area contributed by atoms with E-state index in [-0.39, 0.29) is 23.5 Å². The maximum absolute atomic E-state index is 13.7. The zero-order chi connectivity index (χ0) is 15.7. The normalized spacial score (nSPS) is 12.5. The Morgan fingerprint density at radius 1 is 1.52 bits per heavy atom. The molecule has 0 bridgehead atoms. The van der Waals surface area contributed by atoms with Crippen LogP contribution >= 0.6 is 28.3 Å². The molecular weight excluding hydrogens is 385 g/mol. The van der Waals surface area contributed by atoms with Gasteiger partial charge in [-0.05, 0) is 28.9 Å². The molecule has 0 spiro atoms. The van der Waals surface area contributed by atoms with Crippen molar-refractivity contribution < 1.29 is 32.2 Å². The molecule has 1 aromatic rings. The molecule has 0 saturated carbocycles. The van der Waals surface area contributed by atoms with Crippen LogP contribution in [0.5, 0.6) is 5.75 Å². The third kappa shape index (κ3) is 3.78. The van der Waals surface area contributed by atoms with Gasteiger partial charge in [-0.3, -0.25) is 0 Å². The maximum atomic E-state index is 13.7. The third-order valence-corrected chi connectivity index (χ3v) is 3.03. The number of carbonyl (C=O) groups is 1. The Bertz CT molecular complexity index is 518. The first-order chi connectivity index (χ1) is 9.14. The van der Waals surface area contributed by atoms with Crippen LogP contribution in [0, 0.1) is 11.6 Å². The summed E-state index contributed by atoms with van der Waals surface area (Å²) in [4.78, 5) is 11.1. The van der Waals surface area contributed by atoms with Gasteiger partial charge in [-0.25, -0.2) is 13.6 Å². The average molecular weight is 397 g/mol. The number of alkyl halides is 2. The van der Waals surface area contributed by atoms with Crippen LogP contribution in [0.25, 0.3) is 0 Å². The Balaban J connectivity index is 0.00000400. The molecular formula is C11H11BrClF4NO3. The lowest BCUT2D eigenvalue weighted by Crippen LogP contribution is -2.42. The topological polar surface area (TPSA) is 72.5 Å². The molecule has 1 rings (SSSR count). The molecule has 0 heterocycles. The van der Waals surface area contributed by atoms with Crippen LogP contribution in [0.3, 0.4) is 0 Å². The SMILES string of the molecule is CCOC(=O)C(F)(F)[C@H](N)c1c(O)c(Br)cc(F)c1F.Cl. The summed E-state index contributed by atoms with van der Waals surface area (Å²) in [7, 11) is 0. The second-order valence-corrected chi connectivity index (χ2v) is 4.59. The Labute approximate surface area is 131 Å². The highest BCUT2D eigenvalue weighted by molar-refractivity contribution is 9.10. The fourth-order valence-electron chi connectivity index (χ4n) is 1.42. The van der Waals surface area contributed by atoms with E-state index in [1.807, 2.05) is 0 Å². The van der Waals surface area contributed by atoms with Crippen LogP contribution in [0.4, 0.5) is 17.6 Å². The van der Waals surface area contributed by atoms with Crippen LogP contribution < -0.4 is 5.73 Å². The average Bonchev–Trinajstić information content (AvgIpc) is 2.36. The highest BCUT2D eigenvalue weighted by atomic mass is 79.9. The van der Waals surface area contributed by atoms with Crippen LogP contribution in [0.15, 0.2) is 10.5 Å². The van der Waals surface area contributed by atoms with Crippen molar-refractivity contribution in [3.8, 4) is 5.75 Å². The Morgan fingerprint density at radius 3 is 2.52 bits per heavy atom. The zero-order valence-corrected chi connectivity index (χ0v) is 12.9. The molecule has 0 aliphatic rings. The van der Waals surface area contributed by atoms with Crippen LogP contribution in [-0.4, -0.2) is 23.6 Å². The number of benzene rings is 1. The van der Waals surface area contributed by atoms with E-state index in [0.29, 0.717) is 6.07 Å². The molecule has 0 saturated heterocycles. The number of hydrogen-bond acceptors (Lipinski definition) is 4. The van der Waals surface area contributed by atoms with Gasteiger partial charge in [0.2, 0.25) is 0 Å². The summed E-state index contributed by atoms with van der Waals surface area (Å²) in [5, 5.41) is 9.53. The molecule has 120 valence electrons. The number of halogens is 6. The highest BCUT2D eigenvalue weighted by Gasteiger charge is 2.50. The predicted molar refractivity (Wildman–Crippen MR) is 71.5 cm³/mol. The number of carbonyl (C=O) groups excluding carboxylic acids is 1. The molecule has 10 heteroatoms. The summed E-state index contributed by atoms with van der Waals surface area (Å²) >= 11 is 2.66. The van der Waals surface area contributed by atoms with Crippen molar-refractivity contribution in [1.29, 1.82) is 0 Å². The summed E-state index contributed by atoms with van der Waals surface area (Å²) in [6, 6.07) is -2.06. The lowest BCUT2D eigenvalue weighted by atomic mass is 9.99. The van der Waals surface area contributed by atoms with Gasteiger partial charge in [0.15, 0.2) is 11.6 Å². The lowest BCUT2D eigenvalue weighted by Gasteiger charge is -2.23. The molecule has 0 aliphatic carbocycles. The maximum Gasteiger partial charge on any atom is 0.379 e. The standard InChI is InChI=1S/C11H10BrF4NO3.ClH/c1-2-20-10(19)11(15,16)9(17)6-7(14)5(13)3-4(12)8(6)18;/h3,9,18H,2,17H2,1H3;1H/t9-;/m1./s1. The van der Waals surface area contributed by atoms with Gasteiger partial charge in [-0.1, -0.05) is 0 Å². The van der Waals surface area contributed by atoms with E-state index < -0.39 is 40.9 Å². The second kappa shape index (κ2) is 7.28. The Morgan fingerprint density at radius 2 is 2.05 bits per heavy atom. The Kier molecular flexibility index (Phi) is 6.91. The van der Waals surface area contributed by atoms with Crippen LogP contribution in [0.1, 0.15) is 18.5 Å². The molecule has 0 aliphatic heterocycles. The highest BCUT2D eigenvalue weighted by Crippen LogP contribution is 2.40. The largest absolute Gasteiger partial charge is 0.506 e. The van der Waals surface area contributed by atoms with Gasteiger partial charge >= 0.3 is 11.9 Å². The fourth-order valence-corrected chi connectivity index (χ4v) is 1.84. The number of nitrogens with two attached hydrogens (primary N) is 1. The van der Waals surface area contributed by atoms with E-state index in [9.17, 15) is 27.5 Å². The minimum atomic E-state index is -4.33. The number of ether oxygens (including phenoxy) is 1. The van der Waals surface area contributed by atoms with Gasteiger partial charge in [0.1, 0.15) is 11.8 Å². The zero-order valence-electron chi connectivity index (χ0n) is 10.5. The molecule has 21 heavy (non-hydrogen) atoms. The van der Waals surface area contributed by atoms with Gasteiger partial charge < -0.3 is 15.6 Å². The minimum Gasteiger partial charge on any atom is -0.506 e. The number of hydrogen-bond donors (Lipinski definition) is 2. The summed E-state index contributed by atoms with van der Waals surface area (Å²) in [6.45, 7) is 0.943. The van der Waals surface area contributed by atoms with Crippen molar-refractivity contribution >= 4 is 34.3 Å². The molecule has 1 atom stereocenters. The van der Waals surface area contributed by atoms with Crippen molar-refractivity contribution in [1.82, 2.24) is 0 Å². The fraction of sp³-hybridized carbons (Fsp3) is 0.364. The molecule has 0 fully saturated rings. The van der Waals surface area contributed by atoms with Crippen molar-refractivity contribution in [3.63, 3.8) is 0 Å². The van der Waals surface area contributed by atoms with Gasteiger partial charge in [-0.2, -0.15) is 8.78 Å². The van der Waals surface area contributed by atoms with Gasteiger partial charge in [-0.15, -0.1) is 12.4 Å². The van der Waals surface area contributed by atoms with Gasteiger partial charge in [0.05, 0.1) is 16.6 Å². The first-order valence-corrected chi connectivity index (χ1v) is 6.10. The van der Waals surface area contributed by atoms with E-state index in [1.54, 1.807) is 0 Å². The smallest absolute Gasteiger partial charge is 0.379 e. The van der Waals surface area contributed by atoms with Crippen molar-refractivity contribution in [2.24, 2.45) is 5.73 Å². The lowest BCUT2D eigenvalue weighted by molar-refractivity contribution is -0.175. The van der Waals surface area contributed by atoms with E-state index in [1.165, 1.54) is 6.92 Å². The van der Waals surface area contributed by atoms with Crippen LogP contribution in [0.2, 0.25) is 0 Å². The molecule has 0 amide bonds. The van der Waals surface area contributed by atoms with Gasteiger partial charge in [0.25, 0.3) is 0 Å². The summed E-state index contributed by atoms with van der Waals surface area (Å²) in [5.74, 6) is -10.6. The number of rotatable bonds is 4. The van der Waals surface area contributed by atoms with E-state index in [0.717, 1.165) is 0 Å². The number of phenols is 1. The number of aromatic hydroxyl groups is 1. The summed E-state index contributed by atoms with van der Waals surface area (Å²) in [6.07, 6.45) is 0. The first kappa shape index (κ1) is 19.9. The minimum absolute atomic E-state index is 0.